The maximum atomic E-state index is 11.2. The first kappa shape index (κ1) is 10.1. The predicted molar refractivity (Wildman–Crippen MR) is 51.6 cm³/mol. The van der Waals surface area contributed by atoms with Crippen molar-refractivity contribution in [3.8, 4) is 6.07 Å². The van der Waals surface area contributed by atoms with Gasteiger partial charge < -0.3 is 10.5 Å². The fraction of sp³-hybridized carbons (Fsp3) is 0.200. The van der Waals surface area contributed by atoms with Crippen LogP contribution in [0, 0.1) is 18.3 Å². The highest BCUT2D eigenvalue weighted by Crippen LogP contribution is 2.21. The number of aryl methyl sites for hydroxylation is 1. The Labute approximate surface area is 81.9 Å². The normalized spacial score (nSPS) is 9.21. The first-order valence-electron chi connectivity index (χ1n) is 3.99. The van der Waals surface area contributed by atoms with E-state index in [2.05, 4.69) is 4.74 Å². The van der Waals surface area contributed by atoms with Crippen LogP contribution in [0.4, 0.5) is 5.69 Å². The summed E-state index contributed by atoms with van der Waals surface area (Å²) in [6, 6.07) is 5.17. The van der Waals surface area contributed by atoms with Crippen LogP contribution in [0.2, 0.25) is 0 Å². The van der Waals surface area contributed by atoms with E-state index in [1.165, 1.54) is 7.11 Å². The number of hydrogen-bond donors (Lipinski definition) is 1. The quantitative estimate of drug-likeness (QED) is 0.533. The number of nitrogen functional groups attached to an aromatic ring is 1. The minimum atomic E-state index is -0.529. The number of rotatable bonds is 1. The predicted octanol–water partition coefficient (Wildman–Crippen LogP) is 1.24. The van der Waals surface area contributed by atoms with Crippen molar-refractivity contribution < 1.29 is 9.53 Å². The fourth-order valence-electron chi connectivity index (χ4n) is 1.16. The lowest BCUT2D eigenvalue weighted by atomic mass is 10.0. The van der Waals surface area contributed by atoms with E-state index in [0.717, 1.165) is 5.56 Å². The third kappa shape index (κ3) is 1.52. The summed E-state index contributed by atoms with van der Waals surface area (Å²) in [6.07, 6.45) is 0. The van der Waals surface area contributed by atoms with Crippen LogP contribution in [-0.2, 0) is 4.74 Å². The van der Waals surface area contributed by atoms with Gasteiger partial charge >= 0.3 is 5.97 Å². The van der Waals surface area contributed by atoms with Gasteiger partial charge in [0, 0.05) is 0 Å². The topological polar surface area (TPSA) is 76.1 Å². The number of nitrogens with zero attached hydrogens (tertiary/aromatic N) is 1. The van der Waals surface area contributed by atoms with E-state index in [4.69, 9.17) is 11.0 Å². The molecule has 0 bridgehead atoms. The van der Waals surface area contributed by atoms with Gasteiger partial charge in [-0.15, -0.1) is 0 Å². The second-order valence-corrected chi connectivity index (χ2v) is 2.82. The minimum absolute atomic E-state index is 0.180. The van der Waals surface area contributed by atoms with Crippen LogP contribution in [-0.4, -0.2) is 13.1 Å². The zero-order valence-corrected chi connectivity index (χ0v) is 8.00. The van der Waals surface area contributed by atoms with Gasteiger partial charge in [0.15, 0.2) is 0 Å². The standard InChI is InChI=1S/C10H10N2O2/c1-6-3-4-7(10(13)14-2)9(12)8(6)5-11/h3-4H,12H2,1-2H3. The van der Waals surface area contributed by atoms with Gasteiger partial charge in [-0.2, -0.15) is 5.26 Å². The van der Waals surface area contributed by atoms with Crippen molar-refractivity contribution >= 4 is 11.7 Å². The second-order valence-electron chi connectivity index (χ2n) is 2.82. The summed E-state index contributed by atoms with van der Waals surface area (Å²) in [5, 5.41) is 8.80. The van der Waals surface area contributed by atoms with Gasteiger partial charge in [0.2, 0.25) is 0 Å². The third-order valence-corrected chi connectivity index (χ3v) is 1.97. The van der Waals surface area contributed by atoms with Crippen LogP contribution in [0.15, 0.2) is 12.1 Å². The maximum absolute atomic E-state index is 11.2. The van der Waals surface area contributed by atoms with Crippen LogP contribution in [0.3, 0.4) is 0 Å². The summed E-state index contributed by atoms with van der Waals surface area (Å²) < 4.78 is 4.53. The largest absolute Gasteiger partial charge is 0.465 e. The molecule has 4 heteroatoms. The Morgan fingerprint density at radius 1 is 1.57 bits per heavy atom. The van der Waals surface area contributed by atoms with E-state index in [-0.39, 0.29) is 11.3 Å². The van der Waals surface area contributed by atoms with Crippen molar-refractivity contribution in [3.63, 3.8) is 0 Å². The molecular formula is C10H10N2O2. The molecule has 0 atom stereocenters. The lowest BCUT2D eigenvalue weighted by Gasteiger charge is -2.06. The molecule has 1 aromatic carbocycles. The van der Waals surface area contributed by atoms with Crippen LogP contribution in [0.5, 0.6) is 0 Å². The highest BCUT2D eigenvalue weighted by atomic mass is 16.5. The summed E-state index contributed by atoms with van der Waals surface area (Å²) >= 11 is 0. The molecule has 0 spiro atoms. The molecule has 0 radical (unpaired) electrons. The lowest BCUT2D eigenvalue weighted by molar-refractivity contribution is 0.0602. The van der Waals surface area contributed by atoms with Crippen LogP contribution in [0.25, 0.3) is 0 Å². The number of esters is 1. The summed E-state index contributed by atoms with van der Waals surface area (Å²) in [7, 11) is 1.27. The molecule has 72 valence electrons. The van der Waals surface area contributed by atoms with Crippen molar-refractivity contribution in [3.05, 3.63) is 28.8 Å². The Hall–Kier alpha value is -2.02. The molecule has 0 unspecified atom stereocenters. The van der Waals surface area contributed by atoms with Crippen molar-refractivity contribution in [2.24, 2.45) is 0 Å². The average molecular weight is 190 g/mol. The van der Waals surface area contributed by atoms with Gasteiger partial charge in [0.05, 0.1) is 23.9 Å². The number of ether oxygens (including phenoxy) is 1. The highest BCUT2D eigenvalue weighted by Gasteiger charge is 2.14. The van der Waals surface area contributed by atoms with Crippen molar-refractivity contribution in [2.75, 3.05) is 12.8 Å². The average Bonchev–Trinajstić information content (AvgIpc) is 2.18. The fourth-order valence-corrected chi connectivity index (χ4v) is 1.16. The molecule has 0 aliphatic heterocycles. The Morgan fingerprint density at radius 2 is 2.21 bits per heavy atom. The summed E-state index contributed by atoms with van der Waals surface area (Å²) in [6.45, 7) is 1.76. The lowest BCUT2D eigenvalue weighted by Crippen LogP contribution is -2.07. The molecule has 1 aromatic rings. The summed E-state index contributed by atoms with van der Waals surface area (Å²) in [5.74, 6) is -0.529. The van der Waals surface area contributed by atoms with Gasteiger partial charge in [-0.25, -0.2) is 4.79 Å². The van der Waals surface area contributed by atoms with Gasteiger partial charge in [-0.1, -0.05) is 6.07 Å². The van der Waals surface area contributed by atoms with Gasteiger partial charge in [-0.3, -0.25) is 0 Å². The van der Waals surface area contributed by atoms with Gasteiger partial charge in [0.1, 0.15) is 6.07 Å². The molecule has 0 amide bonds. The number of anilines is 1. The summed E-state index contributed by atoms with van der Waals surface area (Å²) in [4.78, 5) is 11.2. The zero-order chi connectivity index (χ0) is 10.7. The number of carbonyl (C=O) groups is 1. The molecule has 0 saturated heterocycles. The number of carbonyl (C=O) groups excluding carboxylic acids is 1. The first-order chi connectivity index (χ1) is 6.61. The van der Waals surface area contributed by atoms with Crippen LogP contribution in [0.1, 0.15) is 21.5 Å². The first-order valence-corrected chi connectivity index (χ1v) is 3.99. The molecule has 0 aromatic heterocycles. The van der Waals surface area contributed by atoms with Gasteiger partial charge in [0.25, 0.3) is 0 Å². The molecule has 4 nitrogen and oxygen atoms in total. The monoisotopic (exact) mass is 190 g/mol. The Bertz CT molecular complexity index is 419. The molecule has 1 rings (SSSR count). The minimum Gasteiger partial charge on any atom is -0.465 e. The van der Waals surface area contributed by atoms with E-state index in [1.54, 1.807) is 19.1 Å². The molecule has 14 heavy (non-hydrogen) atoms. The molecule has 0 saturated carbocycles. The molecule has 0 fully saturated rings. The smallest absolute Gasteiger partial charge is 0.340 e. The molecule has 0 aliphatic carbocycles. The highest BCUT2D eigenvalue weighted by molar-refractivity contribution is 5.96. The Morgan fingerprint density at radius 3 is 2.71 bits per heavy atom. The molecular weight excluding hydrogens is 180 g/mol. The van der Waals surface area contributed by atoms with Crippen molar-refractivity contribution in [1.82, 2.24) is 0 Å². The van der Waals surface area contributed by atoms with Crippen LogP contribution >= 0.6 is 0 Å². The van der Waals surface area contributed by atoms with E-state index < -0.39 is 5.97 Å². The summed E-state index contributed by atoms with van der Waals surface area (Å²) in [5.41, 5.74) is 7.13. The molecule has 0 heterocycles. The van der Waals surface area contributed by atoms with Crippen molar-refractivity contribution in [1.29, 1.82) is 5.26 Å². The van der Waals surface area contributed by atoms with E-state index in [1.807, 2.05) is 6.07 Å². The second kappa shape index (κ2) is 3.79. The third-order valence-electron chi connectivity index (χ3n) is 1.97. The Kier molecular flexibility index (Phi) is 2.73. The number of nitrogens with two attached hydrogens (primary N) is 1. The van der Waals surface area contributed by atoms with E-state index in [9.17, 15) is 4.79 Å². The zero-order valence-electron chi connectivity index (χ0n) is 8.00. The van der Waals surface area contributed by atoms with Gasteiger partial charge in [-0.05, 0) is 18.6 Å². The van der Waals surface area contributed by atoms with Crippen molar-refractivity contribution in [2.45, 2.75) is 6.92 Å². The molecule has 0 aliphatic rings. The SMILES string of the molecule is COC(=O)c1ccc(C)c(C#N)c1N. The van der Waals surface area contributed by atoms with Crippen LogP contribution < -0.4 is 5.73 Å². The number of methoxy groups -OCH3 is 1. The molecule has 2 N–H and O–H groups in total. The number of nitriles is 1. The van der Waals surface area contributed by atoms with E-state index >= 15 is 0 Å². The number of benzene rings is 1. The number of hydrogen-bond acceptors (Lipinski definition) is 4. The van der Waals surface area contributed by atoms with E-state index in [0.29, 0.717) is 5.56 Å². The maximum Gasteiger partial charge on any atom is 0.340 e. The Balaban J connectivity index is 3.37.